The van der Waals surface area contributed by atoms with Crippen molar-refractivity contribution in [1.82, 2.24) is 4.90 Å². The highest BCUT2D eigenvalue weighted by atomic mass is 79.9. The van der Waals surface area contributed by atoms with Gasteiger partial charge in [-0.25, -0.2) is 0 Å². The van der Waals surface area contributed by atoms with E-state index >= 15 is 0 Å². The van der Waals surface area contributed by atoms with Crippen LogP contribution in [-0.4, -0.2) is 29.8 Å². The normalized spacial score (nSPS) is 12.7. The van der Waals surface area contributed by atoms with Gasteiger partial charge in [-0.05, 0) is 60.1 Å². The minimum absolute atomic E-state index is 0. The van der Waals surface area contributed by atoms with Gasteiger partial charge in [0, 0.05) is 31.9 Å². The maximum absolute atomic E-state index is 12.5. The molecule has 0 atom stereocenters. The molecule has 3 rings (SSSR count). The van der Waals surface area contributed by atoms with Crippen molar-refractivity contribution in [1.29, 1.82) is 0 Å². The van der Waals surface area contributed by atoms with E-state index in [1.807, 2.05) is 28.8 Å². The number of benzene rings is 2. The fourth-order valence-corrected chi connectivity index (χ4v) is 6.29. The predicted octanol–water partition coefficient (Wildman–Crippen LogP) is 11.0. The zero-order valence-electron chi connectivity index (χ0n) is 26.0. The van der Waals surface area contributed by atoms with Crippen molar-refractivity contribution in [3.63, 3.8) is 0 Å². The number of carbonyl (C=O) groups is 1. The Kier molecular flexibility index (Phi) is 18.4. The Hall–Kier alpha value is -1.63. The molecule has 0 saturated carbocycles. The number of hydrogen-bond donors (Lipinski definition) is 0. The number of hydrogen-bond acceptors (Lipinski definition) is 4. The van der Waals surface area contributed by atoms with Crippen LogP contribution in [0.1, 0.15) is 109 Å². The molecule has 1 aliphatic heterocycles. The van der Waals surface area contributed by atoms with Gasteiger partial charge in [-0.15, -0.1) is 28.7 Å². The van der Waals surface area contributed by atoms with Crippen molar-refractivity contribution in [2.24, 2.45) is 0 Å². The van der Waals surface area contributed by atoms with Crippen LogP contribution < -0.4 is 9.64 Å². The molecule has 7 heteroatoms. The lowest BCUT2D eigenvalue weighted by atomic mass is 10.1. The fourth-order valence-electron chi connectivity index (χ4n) is 5.27. The maximum atomic E-state index is 12.5. The first-order chi connectivity index (χ1) is 20.0. The molecule has 1 aliphatic rings. The molecule has 1 amide bonds. The molecule has 0 fully saturated rings. The van der Waals surface area contributed by atoms with Gasteiger partial charge in [0.2, 0.25) is 5.91 Å². The van der Waals surface area contributed by atoms with E-state index in [4.69, 9.17) is 16.3 Å². The molecule has 0 spiro atoms. The van der Waals surface area contributed by atoms with E-state index < -0.39 is 0 Å². The predicted molar refractivity (Wildman–Crippen MR) is 188 cm³/mol. The molecule has 234 valence electrons. The van der Waals surface area contributed by atoms with Crippen molar-refractivity contribution in [3.8, 4) is 5.75 Å². The van der Waals surface area contributed by atoms with Crippen LogP contribution in [0, 0.1) is 0 Å². The van der Waals surface area contributed by atoms with Crippen molar-refractivity contribution < 1.29 is 9.53 Å². The minimum Gasteiger partial charge on any atom is -0.492 e. The number of allylic oxidation sites excluding steroid dienone is 1. The summed E-state index contributed by atoms with van der Waals surface area (Å²) in [5, 5.41) is 0.643. The summed E-state index contributed by atoms with van der Waals surface area (Å²) in [5.74, 6) is 1.79. The third kappa shape index (κ3) is 13.8. The van der Waals surface area contributed by atoms with Gasteiger partial charge in [0.05, 0.1) is 17.5 Å². The van der Waals surface area contributed by atoms with Crippen LogP contribution in [-0.2, 0) is 17.8 Å². The van der Waals surface area contributed by atoms with Crippen LogP contribution in [0.3, 0.4) is 0 Å². The van der Waals surface area contributed by atoms with Gasteiger partial charge < -0.3 is 14.5 Å². The minimum atomic E-state index is 0. The molecule has 0 saturated heterocycles. The van der Waals surface area contributed by atoms with E-state index in [0.29, 0.717) is 18.2 Å². The zero-order valence-corrected chi connectivity index (χ0v) is 29.3. The molecule has 0 N–H and O–H groups in total. The SMILES string of the molecule is Br.CCCCCCCCCCCCCCOc1ccc(CCN(C(C)=O)c2ccc(CN3C=C(C)SC3)cc2)cc1Cl. The molecular weight excluding hydrogens is 628 g/mol. The number of amides is 1. The van der Waals surface area contributed by atoms with Crippen LogP contribution in [0.4, 0.5) is 5.69 Å². The monoisotopic (exact) mass is 678 g/mol. The first kappa shape index (κ1) is 36.6. The summed E-state index contributed by atoms with van der Waals surface area (Å²) in [7, 11) is 0. The van der Waals surface area contributed by atoms with Gasteiger partial charge in [0.15, 0.2) is 0 Å². The highest BCUT2D eigenvalue weighted by Gasteiger charge is 2.14. The van der Waals surface area contributed by atoms with E-state index in [1.54, 1.807) is 6.92 Å². The Bertz CT molecular complexity index is 1080. The van der Waals surface area contributed by atoms with Gasteiger partial charge in [0.1, 0.15) is 5.75 Å². The lowest BCUT2D eigenvalue weighted by Gasteiger charge is -2.22. The Morgan fingerprint density at radius 3 is 2.05 bits per heavy atom. The van der Waals surface area contributed by atoms with Gasteiger partial charge in [-0.3, -0.25) is 4.79 Å². The standard InChI is InChI=1S/C35H51ClN2O2S.BrH/c1-4-5-6-7-8-9-10-11-12-13-14-15-24-40-35-21-18-31(25-34(35)36)22-23-38(30(3)39)33-19-16-32(17-20-33)27-37-26-29(2)41-28-37;/h16-21,25-26H,4-15,22-24,27-28H2,1-3H3;1H. The number of carbonyl (C=O) groups excluding carboxylic acids is 1. The second-order valence-electron chi connectivity index (χ2n) is 11.3. The van der Waals surface area contributed by atoms with E-state index in [9.17, 15) is 4.79 Å². The van der Waals surface area contributed by atoms with Crippen LogP contribution in [0.15, 0.2) is 53.6 Å². The van der Waals surface area contributed by atoms with Crippen molar-refractivity contribution >= 4 is 51.9 Å². The maximum Gasteiger partial charge on any atom is 0.223 e. The summed E-state index contributed by atoms with van der Waals surface area (Å²) < 4.78 is 5.98. The topological polar surface area (TPSA) is 32.8 Å². The van der Waals surface area contributed by atoms with E-state index in [2.05, 4.69) is 55.3 Å². The Morgan fingerprint density at radius 1 is 0.905 bits per heavy atom. The molecule has 4 nitrogen and oxygen atoms in total. The third-order valence-electron chi connectivity index (χ3n) is 7.71. The highest BCUT2D eigenvalue weighted by molar-refractivity contribution is 8.93. The molecule has 2 aromatic carbocycles. The lowest BCUT2D eigenvalue weighted by Crippen LogP contribution is -2.30. The van der Waals surface area contributed by atoms with Gasteiger partial charge in [-0.2, -0.15) is 0 Å². The largest absolute Gasteiger partial charge is 0.492 e. The van der Waals surface area contributed by atoms with Crippen LogP contribution >= 0.6 is 40.3 Å². The molecule has 42 heavy (non-hydrogen) atoms. The lowest BCUT2D eigenvalue weighted by molar-refractivity contribution is -0.116. The zero-order chi connectivity index (χ0) is 29.3. The molecule has 0 radical (unpaired) electrons. The second-order valence-corrected chi connectivity index (χ2v) is 12.9. The summed E-state index contributed by atoms with van der Waals surface area (Å²) in [6.45, 7) is 8.25. The van der Waals surface area contributed by atoms with E-state index in [1.165, 1.54) is 81.1 Å². The first-order valence-electron chi connectivity index (χ1n) is 15.8. The van der Waals surface area contributed by atoms with E-state index in [-0.39, 0.29) is 22.9 Å². The second kappa shape index (κ2) is 21.1. The number of rotatable bonds is 20. The quantitative estimate of drug-likeness (QED) is 0.130. The van der Waals surface area contributed by atoms with Crippen LogP contribution in [0.25, 0.3) is 0 Å². The Balaban J connectivity index is 0.00000616. The molecule has 0 aromatic heterocycles. The molecule has 1 heterocycles. The molecule has 0 aliphatic carbocycles. The molecule has 2 aromatic rings. The number of unbranched alkanes of at least 4 members (excludes halogenated alkanes) is 11. The third-order valence-corrected chi connectivity index (χ3v) is 9.03. The van der Waals surface area contributed by atoms with Crippen LogP contribution in [0.2, 0.25) is 5.02 Å². The summed E-state index contributed by atoms with van der Waals surface area (Å²) >= 11 is 8.43. The summed E-state index contributed by atoms with van der Waals surface area (Å²) in [6.07, 6.45) is 18.9. The molecule has 0 unspecified atom stereocenters. The van der Waals surface area contributed by atoms with Crippen molar-refractivity contribution in [2.45, 2.75) is 111 Å². The molecular formula is C35H52BrClN2O2S. The van der Waals surface area contributed by atoms with Gasteiger partial charge >= 0.3 is 0 Å². The Morgan fingerprint density at radius 2 is 1.50 bits per heavy atom. The summed E-state index contributed by atoms with van der Waals surface area (Å²) in [4.78, 5) is 18.0. The number of thioether (sulfide) groups is 1. The average molecular weight is 680 g/mol. The number of nitrogens with zero attached hydrogens (tertiary/aromatic N) is 2. The van der Waals surface area contributed by atoms with Crippen molar-refractivity contribution in [3.05, 3.63) is 69.7 Å². The Labute approximate surface area is 275 Å². The number of anilines is 1. The highest BCUT2D eigenvalue weighted by Crippen LogP contribution is 2.28. The van der Waals surface area contributed by atoms with Crippen LogP contribution in [0.5, 0.6) is 5.75 Å². The smallest absolute Gasteiger partial charge is 0.223 e. The summed E-state index contributed by atoms with van der Waals surface area (Å²) in [6, 6.07) is 14.4. The molecule has 0 bridgehead atoms. The van der Waals surface area contributed by atoms with Gasteiger partial charge in [-0.1, -0.05) is 107 Å². The average Bonchev–Trinajstić information content (AvgIpc) is 3.37. The van der Waals surface area contributed by atoms with Crippen molar-refractivity contribution in [2.75, 3.05) is 23.9 Å². The van der Waals surface area contributed by atoms with E-state index in [0.717, 1.165) is 42.3 Å². The number of ether oxygens (including phenoxy) is 1. The fraction of sp³-hybridized carbons (Fsp3) is 0.571. The summed E-state index contributed by atoms with van der Waals surface area (Å²) in [5.41, 5.74) is 3.27. The first-order valence-corrected chi connectivity index (χ1v) is 17.2. The number of halogens is 2. The van der Waals surface area contributed by atoms with Gasteiger partial charge in [0.25, 0.3) is 0 Å².